The molecular formula is C33H34F6O. The molecule has 0 heterocycles. The zero-order chi connectivity index (χ0) is 28.4. The van der Waals surface area contributed by atoms with Crippen molar-refractivity contribution >= 4 is 0 Å². The van der Waals surface area contributed by atoms with E-state index in [2.05, 4.69) is 4.74 Å². The molecule has 0 aliphatic heterocycles. The quantitative estimate of drug-likeness (QED) is 0.261. The van der Waals surface area contributed by atoms with Crippen LogP contribution >= 0.6 is 0 Å². The van der Waals surface area contributed by atoms with Crippen molar-refractivity contribution in [3.63, 3.8) is 0 Å². The van der Waals surface area contributed by atoms with Crippen LogP contribution in [0, 0.1) is 23.4 Å². The van der Waals surface area contributed by atoms with Crippen LogP contribution in [0.4, 0.5) is 26.3 Å². The van der Waals surface area contributed by atoms with E-state index in [9.17, 15) is 17.6 Å². The van der Waals surface area contributed by atoms with Crippen LogP contribution in [0.5, 0.6) is 5.75 Å². The van der Waals surface area contributed by atoms with Crippen LogP contribution in [-0.2, 0) is 25.7 Å². The second kappa shape index (κ2) is 11.9. The van der Waals surface area contributed by atoms with E-state index >= 15 is 8.78 Å². The van der Waals surface area contributed by atoms with Gasteiger partial charge in [0.2, 0.25) is 0 Å². The molecule has 2 aliphatic carbocycles. The van der Waals surface area contributed by atoms with Crippen molar-refractivity contribution in [2.24, 2.45) is 5.92 Å². The Labute approximate surface area is 231 Å². The van der Waals surface area contributed by atoms with Gasteiger partial charge in [0.25, 0.3) is 0 Å². The van der Waals surface area contributed by atoms with Gasteiger partial charge >= 0.3 is 6.36 Å². The Bertz CT molecular complexity index is 1320. The lowest BCUT2D eigenvalue weighted by Gasteiger charge is -2.32. The number of alkyl halides is 3. The molecular weight excluding hydrogens is 526 g/mol. The number of hydrogen-bond donors (Lipinski definition) is 0. The fraction of sp³-hybridized carbons (Fsp3) is 0.455. The minimum absolute atomic E-state index is 0.128. The molecule has 40 heavy (non-hydrogen) atoms. The molecule has 1 fully saturated rings. The SMILES string of the molecule is CCc1ccc(CCC2CCc3c(cc(F)c(C4CCC(c5ccc(OC(F)(F)F)cc5)CC4)c3F)C2)c(F)c1. The van der Waals surface area contributed by atoms with Gasteiger partial charge < -0.3 is 4.74 Å². The lowest BCUT2D eigenvalue weighted by atomic mass is 9.74. The molecule has 0 spiro atoms. The van der Waals surface area contributed by atoms with E-state index in [0.717, 1.165) is 36.0 Å². The number of hydrogen-bond acceptors (Lipinski definition) is 1. The Morgan fingerprint density at radius 3 is 2.17 bits per heavy atom. The number of fused-ring (bicyclic) bond motifs is 1. The minimum atomic E-state index is -4.73. The molecule has 1 saturated carbocycles. The zero-order valence-corrected chi connectivity index (χ0v) is 22.6. The lowest BCUT2D eigenvalue weighted by Crippen LogP contribution is -2.20. The highest BCUT2D eigenvalue weighted by atomic mass is 19.4. The van der Waals surface area contributed by atoms with Crippen LogP contribution in [0.25, 0.3) is 0 Å². The fourth-order valence-electron chi connectivity index (χ4n) is 6.59. The topological polar surface area (TPSA) is 9.23 Å². The van der Waals surface area contributed by atoms with Crippen molar-refractivity contribution in [2.45, 2.75) is 89.3 Å². The van der Waals surface area contributed by atoms with Crippen molar-refractivity contribution in [3.8, 4) is 5.75 Å². The molecule has 0 N–H and O–H groups in total. The largest absolute Gasteiger partial charge is 0.573 e. The molecule has 214 valence electrons. The van der Waals surface area contributed by atoms with Gasteiger partial charge in [0.15, 0.2) is 0 Å². The minimum Gasteiger partial charge on any atom is -0.406 e. The van der Waals surface area contributed by atoms with Crippen LogP contribution in [0.1, 0.15) is 90.7 Å². The number of benzene rings is 3. The highest BCUT2D eigenvalue weighted by Gasteiger charge is 2.33. The van der Waals surface area contributed by atoms with Crippen LogP contribution in [0.15, 0.2) is 48.5 Å². The summed E-state index contributed by atoms with van der Waals surface area (Å²) in [7, 11) is 0. The van der Waals surface area contributed by atoms with Crippen molar-refractivity contribution in [3.05, 3.63) is 99.4 Å². The third kappa shape index (κ3) is 6.50. The highest BCUT2D eigenvalue weighted by Crippen LogP contribution is 2.44. The summed E-state index contributed by atoms with van der Waals surface area (Å²) in [5.41, 5.74) is 4.10. The summed E-state index contributed by atoms with van der Waals surface area (Å²) in [5, 5.41) is 0. The summed E-state index contributed by atoms with van der Waals surface area (Å²) in [6.07, 6.45) is 2.03. The fourth-order valence-corrected chi connectivity index (χ4v) is 6.59. The van der Waals surface area contributed by atoms with Gasteiger partial charge in [-0.1, -0.05) is 31.2 Å². The van der Waals surface area contributed by atoms with E-state index in [4.69, 9.17) is 0 Å². The second-order valence-corrected chi connectivity index (χ2v) is 11.3. The first-order chi connectivity index (χ1) is 19.1. The van der Waals surface area contributed by atoms with Gasteiger partial charge in [-0.2, -0.15) is 0 Å². The van der Waals surface area contributed by atoms with E-state index in [0.29, 0.717) is 56.1 Å². The van der Waals surface area contributed by atoms with Crippen LogP contribution in [0.2, 0.25) is 0 Å². The summed E-state index contributed by atoms with van der Waals surface area (Å²) in [6.45, 7) is 1.99. The Hall–Kier alpha value is -2.96. The lowest BCUT2D eigenvalue weighted by molar-refractivity contribution is -0.274. The first-order valence-electron chi connectivity index (χ1n) is 14.2. The predicted molar refractivity (Wildman–Crippen MR) is 143 cm³/mol. The Balaban J connectivity index is 1.20. The normalized spacial score (nSPS) is 21.2. The molecule has 0 radical (unpaired) electrons. The Morgan fingerprint density at radius 2 is 1.52 bits per heavy atom. The summed E-state index contributed by atoms with van der Waals surface area (Å²) in [6, 6.07) is 12.8. The zero-order valence-electron chi connectivity index (χ0n) is 22.6. The number of halogens is 6. The molecule has 0 bridgehead atoms. The maximum Gasteiger partial charge on any atom is 0.573 e. The maximum absolute atomic E-state index is 15.7. The first-order valence-corrected chi connectivity index (χ1v) is 14.2. The Morgan fingerprint density at radius 1 is 0.825 bits per heavy atom. The molecule has 7 heteroatoms. The van der Waals surface area contributed by atoms with Gasteiger partial charge in [-0.05, 0) is 134 Å². The summed E-state index contributed by atoms with van der Waals surface area (Å²) >= 11 is 0. The number of rotatable bonds is 7. The highest BCUT2D eigenvalue weighted by molar-refractivity contribution is 5.39. The van der Waals surface area contributed by atoms with E-state index in [1.165, 1.54) is 18.2 Å². The monoisotopic (exact) mass is 560 g/mol. The first kappa shape index (κ1) is 28.6. The van der Waals surface area contributed by atoms with Crippen LogP contribution < -0.4 is 4.74 Å². The summed E-state index contributed by atoms with van der Waals surface area (Å²) < 4.78 is 86.7. The molecule has 2 aliphatic rings. The summed E-state index contributed by atoms with van der Waals surface area (Å²) in [5.74, 6) is -1.18. The van der Waals surface area contributed by atoms with Gasteiger partial charge in [0, 0.05) is 5.56 Å². The maximum atomic E-state index is 15.7. The van der Waals surface area contributed by atoms with Crippen LogP contribution in [0.3, 0.4) is 0 Å². The van der Waals surface area contributed by atoms with Crippen LogP contribution in [-0.4, -0.2) is 6.36 Å². The predicted octanol–water partition coefficient (Wildman–Crippen LogP) is 9.74. The second-order valence-electron chi connectivity index (χ2n) is 11.3. The Kier molecular flexibility index (Phi) is 8.48. The van der Waals surface area contributed by atoms with E-state index in [1.807, 2.05) is 19.1 Å². The molecule has 3 aromatic carbocycles. The van der Waals surface area contributed by atoms with Crippen molar-refractivity contribution in [2.75, 3.05) is 0 Å². The molecule has 5 rings (SSSR count). The van der Waals surface area contributed by atoms with E-state index in [-0.39, 0.29) is 34.9 Å². The average Bonchev–Trinajstić information content (AvgIpc) is 2.92. The van der Waals surface area contributed by atoms with Gasteiger partial charge in [-0.25, -0.2) is 13.2 Å². The van der Waals surface area contributed by atoms with Gasteiger partial charge in [-0.15, -0.1) is 13.2 Å². The molecule has 3 aromatic rings. The van der Waals surface area contributed by atoms with Crippen molar-refractivity contribution in [1.82, 2.24) is 0 Å². The molecule has 1 nitrogen and oxygen atoms in total. The third-order valence-electron chi connectivity index (χ3n) is 8.83. The third-order valence-corrected chi connectivity index (χ3v) is 8.83. The molecule has 1 unspecified atom stereocenters. The number of ether oxygens (including phenoxy) is 1. The average molecular weight is 561 g/mol. The van der Waals surface area contributed by atoms with Gasteiger partial charge in [0.05, 0.1) is 0 Å². The number of aryl methyl sites for hydroxylation is 2. The standard InChI is InChI=1S/C33H34F6O/c1-2-20-3-6-24(29(34)18-20)7-4-21-5-16-28-26(17-21)19-30(35)31(32(28)36)25-10-8-22(9-11-25)23-12-14-27(15-13-23)40-33(37,38)39/h3,6,12-15,18-19,21-22,25H,2,4-5,7-11,16-17H2,1H3. The van der Waals surface area contributed by atoms with E-state index < -0.39 is 18.0 Å². The van der Waals surface area contributed by atoms with Crippen molar-refractivity contribution < 1.29 is 31.1 Å². The summed E-state index contributed by atoms with van der Waals surface area (Å²) in [4.78, 5) is 0. The molecule has 1 atom stereocenters. The van der Waals surface area contributed by atoms with E-state index in [1.54, 1.807) is 18.2 Å². The smallest absolute Gasteiger partial charge is 0.406 e. The van der Waals surface area contributed by atoms with Gasteiger partial charge in [0.1, 0.15) is 23.2 Å². The molecule has 0 amide bonds. The molecule has 0 saturated heterocycles. The molecule has 0 aromatic heterocycles. The van der Waals surface area contributed by atoms with Gasteiger partial charge in [-0.3, -0.25) is 0 Å². The van der Waals surface area contributed by atoms with Crippen molar-refractivity contribution in [1.29, 1.82) is 0 Å².